The van der Waals surface area contributed by atoms with Crippen LogP contribution in [0.4, 0.5) is 4.79 Å². The molecular formula is C12H23NO5Si. The molecule has 0 aliphatic carbocycles. The van der Waals surface area contributed by atoms with Gasteiger partial charge in [-0.25, -0.2) is 9.59 Å². The first kappa shape index (κ1) is 16.0. The monoisotopic (exact) mass is 289 g/mol. The standard InChI is InChI=1S/C12H23NO5Si/c1-4-19(5-2,6-3)18-9-7-10(11(14)15)13(8-9)12(16)17/h9-10H,4-8H2,1-3H3,(H,14,15)(H,16,17)/t9?,10-/m1/s1. The van der Waals surface area contributed by atoms with Crippen LogP contribution in [-0.2, 0) is 9.22 Å². The normalized spacial score (nSPS) is 23.6. The van der Waals surface area contributed by atoms with Crippen molar-refractivity contribution in [3.05, 3.63) is 0 Å². The molecule has 110 valence electrons. The molecule has 1 amide bonds. The van der Waals surface area contributed by atoms with E-state index >= 15 is 0 Å². The Hall–Kier alpha value is -1.08. The van der Waals surface area contributed by atoms with Gasteiger partial charge in [-0.15, -0.1) is 0 Å². The van der Waals surface area contributed by atoms with Gasteiger partial charge in [0, 0.05) is 13.0 Å². The highest BCUT2D eigenvalue weighted by Gasteiger charge is 2.43. The lowest BCUT2D eigenvalue weighted by Gasteiger charge is -2.31. The third-order valence-corrected chi connectivity index (χ3v) is 8.84. The predicted octanol–water partition coefficient (Wildman–Crippen LogP) is 2.21. The van der Waals surface area contributed by atoms with E-state index in [1.165, 1.54) is 0 Å². The summed E-state index contributed by atoms with van der Waals surface area (Å²) in [6.45, 7) is 6.45. The highest BCUT2D eigenvalue weighted by molar-refractivity contribution is 6.73. The average molecular weight is 289 g/mol. The van der Waals surface area contributed by atoms with E-state index in [1.54, 1.807) is 0 Å². The van der Waals surface area contributed by atoms with Gasteiger partial charge in [0.25, 0.3) is 0 Å². The van der Waals surface area contributed by atoms with Crippen LogP contribution in [0, 0.1) is 0 Å². The molecule has 1 heterocycles. The van der Waals surface area contributed by atoms with E-state index in [1.807, 2.05) is 0 Å². The second-order valence-corrected chi connectivity index (χ2v) is 9.73. The Kier molecular flexibility index (Phi) is 5.36. The molecule has 0 aromatic rings. The van der Waals surface area contributed by atoms with E-state index in [4.69, 9.17) is 14.6 Å². The van der Waals surface area contributed by atoms with Crippen molar-refractivity contribution in [3.63, 3.8) is 0 Å². The van der Waals surface area contributed by atoms with Gasteiger partial charge in [0.1, 0.15) is 6.04 Å². The minimum atomic E-state index is -1.82. The van der Waals surface area contributed by atoms with Gasteiger partial charge in [0.2, 0.25) is 0 Å². The predicted molar refractivity (Wildman–Crippen MR) is 72.8 cm³/mol. The number of rotatable bonds is 6. The third-order valence-electron chi connectivity index (χ3n) is 4.14. The molecule has 1 aliphatic rings. The molecular weight excluding hydrogens is 266 g/mol. The first-order valence-electron chi connectivity index (χ1n) is 6.79. The summed E-state index contributed by atoms with van der Waals surface area (Å²) in [5.41, 5.74) is 0. The van der Waals surface area contributed by atoms with Gasteiger partial charge in [-0.3, -0.25) is 4.90 Å². The Morgan fingerprint density at radius 3 is 2.05 bits per heavy atom. The highest BCUT2D eigenvalue weighted by atomic mass is 28.4. The Bertz CT molecular complexity index is 315. The van der Waals surface area contributed by atoms with E-state index in [0.717, 1.165) is 23.0 Å². The Morgan fingerprint density at radius 2 is 1.74 bits per heavy atom. The number of carboxylic acid groups (broad SMARTS) is 2. The van der Waals surface area contributed by atoms with Gasteiger partial charge >= 0.3 is 12.1 Å². The van der Waals surface area contributed by atoms with Crippen molar-refractivity contribution in [3.8, 4) is 0 Å². The number of likely N-dealkylation sites (tertiary alicyclic amines) is 1. The fourth-order valence-electron chi connectivity index (χ4n) is 2.68. The Labute approximate surface area is 114 Å². The second-order valence-electron chi connectivity index (χ2n) is 5.01. The fourth-order valence-corrected chi connectivity index (χ4v) is 5.56. The lowest BCUT2D eigenvalue weighted by atomic mass is 10.2. The summed E-state index contributed by atoms with van der Waals surface area (Å²) in [5, 5.41) is 18.1. The highest BCUT2D eigenvalue weighted by Crippen LogP contribution is 2.29. The van der Waals surface area contributed by atoms with Gasteiger partial charge in [0.15, 0.2) is 8.32 Å². The molecule has 2 N–H and O–H groups in total. The number of aliphatic carboxylic acids is 1. The summed E-state index contributed by atoms with van der Waals surface area (Å²) in [6, 6.07) is 1.95. The van der Waals surface area contributed by atoms with Crippen LogP contribution in [0.25, 0.3) is 0 Å². The molecule has 19 heavy (non-hydrogen) atoms. The molecule has 7 heteroatoms. The number of hydrogen-bond acceptors (Lipinski definition) is 3. The van der Waals surface area contributed by atoms with Gasteiger partial charge in [-0.2, -0.15) is 0 Å². The number of carboxylic acids is 1. The summed E-state index contributed by atoms with van der Waals surface area (Å²) < 4.78 is 6.18. The quantitative estimate of drug-likeness (QED) is 0.732. The maximum absolute atomic E-state index is 11.1. The lowest BCUT2D eigenvalue weighted by Crippen LogP contribution is -2.41. The van der Waals surface area contributed by atoms with E-state index in [2.05, 4.69) is 20.8 Å². The third kappa shape index (κ3) is 3.47. The van der Waals surface area contributed by atoms with Gasteiger partial charge in [0.05, 0.1) is 6.10 Å². The van der Waals surface area contributed by atoms with Crippen molar-refractivity contribution in [1.82, 2.24) is 4.90 Å². The van der Waals surface area contributed by atoms with Crippen molar-refractivity contribution >= 4 is 20.4 Å². The Balaban J connectivity index is 2.77. The molecule has 1 unspecified atom stereocenters. The SMILES string of the molecule is CC[Si](CC)(CC)OC1C[C@H](C(=O)O)N(C(=O)O)C1. The van der Waals surface area contributed by atoms with Crippen molar-refractivity contribution in [1.29, 1.82) is 0 Å². The molecule has 0 aromatic heterocycles. The van der Waals surface area contributed by atoms with Crippen LogP contribution in [0.5, 0.6) is 0 Å². The molecule has 6 nitrogen and oxygen atoms in total. The van der Waals surface area contributed by atoms with Crippen LogP contribution in [0.2, 0.25) is 18.1 Å². The summed E-state index contributed by atoms with van der Waals surface area (Å²) in [4.78, 5) is 23.1. The van der Waals surface area contributed by atoms with Gasteiger partial charge in [-0.1, -0.05) is 20.8 Å². The molecule has 0 spiro atoms. The lowest BCUT2D eigenvalue weighted by molar-refractivity contribution is -0.141. The van der Waals surface area contributed by atoms with Crippen LogP contribution >= 0.6 is 0 Å². The smallest absolute Gasteiger partial charge is 0.408 e. The molecule has 1 rings (SSSR count). The zero-order valence-corrected chi connectivity index (χ0v) is 12.8. The van der Waals surface area contributed by atoms with Crippen LogP contribution in [0.1, 0.15) is 27.2 Å². The molecule has 1 aliphatic heterocycles. The van der Waals surface area contributed by atoms with Crippen LogP contribution in [0.3, 0.4) is 0 Å². The average Bonchev–Trinajstić information content (AvgIpc) is 2.80. The summed E-state index contributed by atoms with van der Waals surface area (Å²) in [6.07, 6.45) is -1.20. The van der Waals surface area contributed by atoms with Crippen molar-refractivity contribution in [2.75, 3.05) is 6.54 Å². The van der Waals surface area contributed by atoms with Gasteiger partial charge in [-0.05, 0) is 18.1 Å². The van der Waals surface area contributed by atoms with E-state index in [-0.39, 0.29) is 19.1 Å². The number of carbonyl (C=O) groups is 2. The largest absolute Gasteiger partial charge is 0.480 e. The molecule has 0 saturated carbocycles. The summed E-state index contributed by atoms with van der Waals surface area (Å²) in [5.74, 6) is -1.09. The number of hydrogen-bond donors (Lipinski definition) is 2. The van der Waals surface area contributed by atoms with Crippen LogP contribution in [-0.4, -0.2) is 54.2 Å². The summed E-state index contributed by atoms with van der Waals surface area (Å²) >= 11 is 0. The maximum Gasteiger partial charge on any atom is 0.408 e. The van der Waals surface area contributed by atoms with Gasteiger partial charge < -0.3 is 14.6 Å². The maximum atomic E-state index is 11.1. The van der Waals surface area contributed by atoms with E-state index < -0.39 is 26.4 Å². The van der Waals surface area contributed by atoms with E-state index in [0.29, 0.717) is 0 Å². The Morgan fingerprint density at radius 1 is 1.21 bits per heavy atom. The minimum absolute atomic E-state index is 0.168. The summed E-state index contributed by atoms with van der Waals surface area (Å²) in [7, 11) is -1.82. The molecule has 2 atom stereocenters. The number of nitrogens with zero attached hydrogens (tertiary/aromatic N) is 1. The fraction of sp³-hybridized carbons (Fsp3) is 0.833. The molecule has 1 saturated heterocycles. The molecule has 0 radical (unpaired) electrons. The van der Waals surface area contributed by atoms with Crippen LogP contribution < -0.4 is 0 Å². The topological polar surface area (TPSA) is 87.1 Å². The second kappa shape index (κ2) is 6.38. The van der Waals surface area contributed by atoms with Crippen molar-refractivity contribution in [2.45, 2.75) is 57.5 Å². The van der Waals surface area contributed by atoms with Crippen LogP contribution in [0.15, 0.2) is 0 Å². The molecule has 0 aromatic carbocycles. The zero-order valence-electron chi connectivity index (χ0n) is 11.8. The number of amides is 1. The van der Waals surface area contributed by atoms with E-state index in [9.17, 15) is 9.59 Å². The molecule has 0 bridgehead atoms. The van der Waals surface area contributed by atoms with Crippen molar-refractivity contribution in [2.24, 2.45) is 0 Å². The molecule has 1 fully saturated rings. The zero-order chi connectivity index (χ0) is 14.6. The minimum Gasteiger partial charge on any atom is -0.480 e. The first-order chi connectivity index (χ1) is 8.89. The first-order valence-corrected chi connectivity index (χ1v) is 9.32. The van der Waals surface area contributed by atoms with Crippen molar-refractivity contribution < 1.29 is 24.2 Å².